The quantitative estimate of drug-likeness (QED) is 0.612. The molecule has 2 N–H and O–H groups in total. The molecule has 0 aliphatic rings. The molecular weight excluding hydrogens is 232 g/mol. The van der Waals surface area contributed by atoms with E-state index in [0.29, 0.717) is 12.2 Å². The van der Waals surface area contributed by atoms with Gasteiger partial charge in [-0.3, -0.25) is 14.4 Å². The molecule has 1 aromatic heterocycles. The summed E-state index contributed by atoms with van der Waals surface area (Å²) in [6.45, 7) is 5.49. The monoisotopic (exact) mass is 250 g/mol. The van der Waals surface area contributed by atoms with Crippen LogP contribution in [-0.2, 0) is 0 Å². The lowest BCUT2D eigenvalue weighted by Gasteiger charge is -2.06. The van der Waals surface area contributed by atoms with Crippen LogP contribution in [0.2, 0.25) is 0 Å². The van der Waals surface area contributed by atoms with E-state index < -0.39 is 11.3 Å². The number of ketones is 1. The summed E-state index contributed by atoms with van der Waals surface area (Å²) >= 11 is 0. The minimum Gasteiger partial charge on any atom is -0.364 e. The number of pyridine rings is 1. The Morgan fingerprint density at radius 1 is 1.39 bits per heavy atom. The third kappa shape index (κ3) is 3.06. The standard InChI is InChI=1S/C13H18N2O3/c1-4-5-6-14-13(18)10-7-15-8(2)11(9(3)16)12(10)17/h7H,4-6H2,1-3H3,(H,14,18)(H,15,17). The molecule has 5 heteroatoms. The molecular formula is C13H18N2O3. The summed E-state index contributed by atoms with van der Waals surface area (Å²) in [7, 11) is 0. The highest BCUT2D eigenvalue weighted by atomic mass is 16.2. The third-order valence-corrected chi connectivity index (χ3v) is 2.69. The highest BCUT2D eigenvalue weighted by Crippen LogP contribution is 2.02. The van der Waals surface area contributed by atoms with E-state index in [1.807, 2.05) is 6.92 Å². The Labute approximate surface area is 106 Å². The zero-order valence-electron chi connectivity index (χ0n) is 10.9. The van der Waals surface area contributed by atoms with E-state index in [1.54, 1.807) is 6.92 Å². The summed E-state index contributed by atoms with van der Waals surface area (Å²) in [5.41, 5.74) is 0.0189. The molecule has 1 rings (SSSR count). The number of H-pyrrole nitrogens is 1. The molecule has 0 spiro atoms. The van der Waals surface area contributed by atoms with Crippen molar-refractivity contribution in [2.24, 2.45) is 0 Å². The lowest BCUT2D eigenvalue weighted by atomic mass is 10.1. The van der Waals surface area contributed by atoms with Crippen molar-refractivity contribution < 1.29 is 9.59 Å². The topological polar surface area (TPSA) is 79.0 Å². The Hall–Kier alpha value is -1.91. The predicted molar refractivity (Wildman–Crippen MR) is 69.0 cm³/mol. The van der Waals surface area contributed by atoms with Crippen molar-refractivity contribution in [3.63, 3.8) is 0 Å². The number of amides is 1. The van der Waals surface area contributed by atoms with Crippen LogP contribution in [0.3, 0.4) is 0 Å². The van der Waals surface area contributed by atoms with E-state index in [1.165, 1.54) is 13.1 Å². The highest BCUT2D eigenvalue weighted by molar-refractivity contribution is 5.99. The van der Waals surface area contributed by atoms with Gasteiger partial charge in [-0.1, -0.05) is 13.3 Å². The molecule has 0 aromatic carbocycles. The number of carbonyl (C=O) groups excluding carboxylic acids is 2. The van der Waals surface area contributed by atoms with Crippen molar-refractivity contribution in [2.45, 2.75) is 33.6 Å². The average molecular weight is 250 g/mol. The van der Waals surface area contributed by atoms with E-state index in [-0.39, 0.29) is 16.9 Å². The van der Waals surface area contributed by atoms with Gasteiger partial charge in [0.1, 0.15) is 5.56 Å². The number of unbranched alkanes of at least 4 members (excludes halogenated alkanes) is 1. The summed E-state index contributed by atoms with van der Waals surface area (Å²) in [5.74, 6) is -0.774. The predicted octanol–water partition coefficient (Wildman–Crippen LogP) is 1.42. The molecule has 0 atom stereocenters. The number of hydrogen-bond donors (Lipinski definition) is 2. The minimum atomic E-state index is -0.507. The number of aryl methyl sites for hydroxylation is 1. The van der Waals surface area contributed by atoms with Crippen LogP contribution in [0.1, 0.15) is 53.1 Å². The van der Waals surface area contributed by atoms with Crippen LogP contribution in [0.25, 0.3) is 0 Å². The van der Waals surface area contributed by atoms with Gasteiger partial charge >= 0.3 is 0 Å². The Morgan fingerprint density at radius 3 is 2.61 bits per heavy atom. The molecule has 18 heavy (non-hydrogen) atoms. The van der Waals surface area contributed by atoms with Crippen LogP contribution < -0.4 is 10.7 Å². The summed E-state index contributed by atoms with van der Waals surface area (Å²) in [5, 5.41) is 2.66. The number of hydrogen-bond acceptors (Lipinski definition) is 3. The first-order valence-corrected chi connectivity index (χ1v) is 6.00. The zero-order valence-corrected chi connectivity index (χ0v) is 10.9. The molecule has 0 bridgehead atoms. The van der Waals surface area contributed by atoms with Crippen molar-refractivity contribution in [1.82, 2.24) is 10.3 Å². The van der Waals surface area contributed by atoms with E-state index in [0.717, 1.165) is 12.8 Å². The van der Waals surface area contributed by atoms with Gasteiger partial charge < -0.3 is 10.3 Å². The molecule has 0 saturated heterocycles. The van der Waals surface area contributed by atoms with Crippen LogP contribution in [0.5, 0.6) is 0 Å². The molecule has 1 heterocycles. The van der Waals surface area contributed by atoms with Crippen LogP contribution in [0.4, 0.5) is 0 Å². The second kappa shape index (κ2) is 6.14. The summed E-state index contributed by atoms with van der Waals surface area (Å²) in [6, 6.07) is 0. The Morgan fingerprint density at radius 2 is 2.06 bits per heavy atom. The van der Waals surface area contributed by atoms with Crippen molar-refractivity contribution >= 4 is 11.7 Å². The first kappa shape index (κ1) is 14.2. The van der Waals surface area contributed by atoms with Gasteiger partial charge in [0.05, 0.1) is 5.56 Å². The smallest absolute Gasteiger partial charge is 0.256 e. The van der Waals surface area contributed by atoms with Crippen molar-refractivity contribution in [1.29, 1.82) is 0 Å². The lowest BCUT2D eigenvalue weighted by Crippen LogP contribution is -2.32. The molecule has 0 unspecified atom stereocenters. The fraction of sp³-hybridized carbons (Fsp3) is 0.462. The van der Waals surface area contributed by atoms with Crippen LogP contribution in [-0.4, -0.2) is 23.2 Å². The molecule has 0 saturated carbocycles. The SMILES string of the molecule is CCCCNC(=O)c1c[nH]c(C)c(C(C)=O)c1=O. The van der Waals surface area contributed by atoms with Crippen molar-refractivity contribution in [2.75, 3.05) is 6.54 Å². The Kier molecular flexibility index (Phi) is 4.83. The van der Waals surface area contributed by atoms with Crippen molar-refractivity contribution in [3.05, 3.63) is 33.2 Å². The number of aromatic nitrogens is 1. The van der Waals surface area contributed by atoms with Crippen LogP contribution in [0, 0.1) is 6.92 Å². The second-order valence-electron chi connectivity index (χ2n) is 4.20. The molecule has 98 valence electrons. The largest absolute Gasteiger partial charge is 0.364 e. The molecule has 1 amide bonds. The maximum absolute atomic E-state index is 12.0. The molecule has 0 aliphatic carbocycles. The number of nitrogens with one attached hydrogen (secondary N) is 2. The minimum absolute atomic E-state index is 0.0121. The number of rotatable bonds is 5. The van der Waals surface area contributed by atoms with E-state index in [9.17, 15) is 14.4 Å². The number of carbonyl (C=O) groups is 2. The number of aromatic amines is 1. The van der Waals surface area contributed by atoms with E-state index in [4.69, 9.17) is 0 Å². The maximum Gasteiger partial charge on any atom is 0.256 e. The molecule has 5 nitrogen and oxygen atoms in total. The molecule has 0 radical (unpaired) electrons. The average Bonchev–Trinajstić information content (AvgIpc) is 2.28. The normalized spacial score (nSPS) is 10.2. The fourth-order valence-corrected chi connectivity index (χ4v) is 1.69. The van der Waals surface area contributed by atoms with Gasteiger partial charge in [0, 0.05) is 18.4 Å². The van der Waals surface area contributed by atoms with E-state index >= 15 is 0 Å². The van der Waals surface area contributed by atoms with Crippen LogP contribution >= 0.6 is 0 Å². The first-order chi connectivity index (χ1) is 8.49. The van der Waals surface area contributed by atoms with Crippen molar-refractivity contribution in [3.8, 4) is 0 Å². The zero-order chi connectivity index (χ0) is 13.7. The maximum atomic E-state index is 12.0. The van der Waals surface area contributed by atoms with Gasteiger partial charge in [0.15, 0.2) is 5.78 Å². The summed E-state index contributed by atoms with van der Waals surface area (Å²) in [6.07, 6.45) is 3.17. The number of Topliss-reactive ketones (excluding diaryl/α,β-unsaturated/α-hetero) is 1. The Bertz CT molecular complexity index is 517. The summed E-state index contributed by atoms with van der Waals surface area (Å²) < 4.78 is 0. The van der Waals surface area contributed by atoms with Gasteiger partial charge in [-0.05, 0) is 20.3 Å². The second-order valence-corrected chi connectivity index (χ2v) is 4.20. The highest BCUT2D eigenvalue weighted by Gasteiger charge is 2.17. The molecule has 1 aromatic rings. The van der Waals surface area contributed by atoms with Gasteiger partial charge in [0.25, 0.3) is 5.91 Å². The summed E-state index contributed by atoms with van der Waals surface area (Å²) in [4.78, 5) is 37.9. The van der Waals surface area contributed by atoms with Gasteiger partial charge in [0.2, 0.25) is 5.43 Å². The third-order valence-electron chi connectivity index (χ3n) is 2.69. The lowest BCUT2D eigenvalue weighted by molar-refractivity contribution is 0.0951. The molecule has 0 aliphatic heterocycles. The van der Waals surface area contributed by atoms with Gasteiger partial charge in [-0.25, -0.2) is 0 Å². The fourth-order valence-electron chi connectivity index (χ4n) is 1.69. The van der Waals surface area contributed by atoms with Gasteiger partial charge in [-0.2, -0.15) is 0 Å². The molecule has 0 fully saturated rings. The first-order valence-electron chi connectivity index (χ1n) is 6.00. The van der Waals surface area contributed by atoms with Crippen LogP contribution in [0.15, 0.2) is 11.0 Å². The Balaban J connectivity index is 3.04. The van der Waals surface area contributed by atoms with Gasteiger partial charge in [-0.15, -0.1) is 0 Å². The van der Waals surface area contributed by atoms with E-state index in [2.05, 4.69) is 10.3 Å².